The molecule has 0 fully saturated rings. The van der Waals surface area contributed by atoms with Crippen LogP contribution in [-0.4, -0.2) is 35.8 Å². The van der Waals surface area contributed by atoms with Crippen LogP contribution in [0.15, 0.2) is 0 Å². The van der Waals surface area contributed by atoms with Crippen LogP contribution < -0.4 is 34.7 Å². The predicted molar refractivity (Wildman–Crippen MR) is 24.8 cm³/mol. The Morgan fingerprint density at radius 3 is 2.56 bits per heavy atom. The minimum absolute atomic E-state index is 0. The third kappa shape index (κ3) is 12.3. The van der Waals surface area contributed by atoms with Crippen LogP contribution in [0.25, 0.3) is 0 Å². The first-order valence-electron chi connectivity index (χ1n) is 1.47. The molecule has 9 heavy (non-hydrogen) atoms. The molecule has 0 bridgehead atoms. The van der Waals surface area contributed by atoms with E-state index in [0.29, 0.717) is 0 Å². The van der Waals surface area contributed by atoms with Crippen LogP contribution in [0, 0.1) is 0 Å². The van der Waals surface area contributed by atoms with Gasteiger partial charge in [-0.1, -0.05) is 0 Å². The maximum atomic E-state index is 9.58. The van der Waals surface area contributed by atoms with Gasteiger partial charge >= 0.3 is 39.6 Å². The van der Waals surface area contributed by atoms with Crippen molar-refractivity contribution in [3.8, 4) is 0 Å². The summed E-state index contributed by atoms with van der Waals surface area (Å²) in [7, 11) is 1.69. The van der Waals surface area contributed by atoms with Gasteiger partial charge < -0.3 is 18.1 Å². The SMILES string of the molecule is O=C([O-])[Si]O[Si]O[Si].[Na+]. The van der Waals surface area contributed by atoms with Crippen LogP contribution in [-0.2, 0) is 8.23 Å². The summed E-state index contributed by atoms with van der Waals surface area (Å²) >= 11 is 0. The third-order valence-corrected chi connectivity index (χ3v) is 1.46. The summed E-state index contributed by atoms with van der Waals surface area (Å²) in [6.45, 7) is 0. The normalized spacial score (nSPS) is 8.11. The Kier molecular flexibility index (Phi) is 12.8. The first-order chi connectivity index (χ1) is 3.77. The van der Waals surface area contributed by atoms with Gasteiger partial charge in [0.2, 0.25) is 10.5 Å². The van der Waals surface area contributed by atoms with Crippen molar-refractivity contribution < 1.29 is 47.7 Å². The van der Waals surface area contributed by atoms with E-state index in [-0.39, 0.29) is 39.6 Å². The summed E-state index contributed by atoms with van der Waals surface area (Å²) < 4.78 is 8.59. The molecule has 8 heteroatoms. The maximum absolute atomic E-state index is 9.58. The molecule has 0 rings (SSSR count). The molecule has 0 spiro atoms. The summed E-state index contributed by atoms with van der Waals surface area (Å²) in [6, 6.07) is 0. The van der Waals surface area contributed by atoms with E-state index in [2.05, 4.69) is 18.7 Å². The number of carbonyl (C=O) groups excluding carboxylic acids is 1. The standard InChI is InChI=1S/CHO4Si3.Na/c2-1(3)7-5-8-4-6;/h(H,2,3);/q;+1/p-1. The van der Waals surface area contributed by atoms with Crippen LogP contribution in [0.4, 0.5) is 4.79 Å². The zero-order chi connectivity index (χ0) is 6.41. The molecule has 0 atom stereocenters. The zero-order valence-corrected chi connectivity index (χ0v) is 9.63. The van der Waals surface area contributed by atoms with E-state index in [1.807, 2.05) is 0 Å². The van der Waals surface area contributed by atoms with Crippen LogP contribution in [0.3, 0.4) is 0 Å². The van der Waals surface area contributed by atoms with Crippen molar-refractivity contribution in [2.45, 2.75) is 0 Å². The Morgan fingerprint density at radius 1 is 1.67 bits per heavy atom. The summed E-state index contributed by atoms with van der Waals surface area (Å²) in [5.74, 6) is 0. The van der Waals surface area contributed by atoms with Gasteiger partial charge in [-0.25, -0.2) is 0 Å². The fourth-order valence-corrected chi connectivity index (χ4v) is 1.13. The maximum Gasteiger partial charge on any atom is 1.00 e. The molecule has 0 saturated carbocycles. The van der Waals surface area contributed by atoms with Gasteiger partial charge in [0.05, 0.1) is 5.59 Å². The van der Waals surface area contributed by atoms with Gasteiger partial charge in [0, 0.05) is 0 Å². The van der Waals surface area contributed by atoms with Crippen molar-refractivity contribution in [3.05, 3.63) is 0 Å². The predicted octanol–water partition coefficient (Wildman–Crippen LogP) is -5.40. The third-order valence-electron chi connectivity index (χ3n) is 0.218. The van der Waals surface area contributed by atoms with E-state index < -0.39 is 15.4 Å². The van der Waals surface area contributed by atoms with Gasteiger partial charge in [0.25, 0.3) is 9.76 Å². The number of carboxylic acid groups (broad SMARTS) is 1. The average molecular weight is 183 g/mol. The zero-order valence-electron chi connectivity index (χ0n) is 4.63. The second-order valence-corrected chi connectivity index (χ2v) is 3.09. The van der Waals surface area contributed by atoms with Crippen molar-refractivity contribution in [2.75, 3.05) is 0 Å². The molecule has 0 heterocycles. The first-order valence-corrected chi connectivity index (χ1v) is 3.61. The van der Waals surface area contributed by atoms with Crippen LogP contribution in [0.1, 0.15) is 0 Å². The quantitative estimate of drug-likeness (QED) is 0.322. The van der Waals surface area contributed by atoms with Crippen LogP contribution in [0.5, 0.6) is 0 Å². The molecular weight excluding hydrogens is 183 g/mol. The molecule has 0 aromatic heterocycles. The van der Waals surface area contributed by atoms with E-state index in [4.69, 9.17) is 0 Å². The first kappa shape index (κ1) is 12.7. The molecule has 4 nitrogen and oxygen atoms in total. The summed E-state index contributed by atoms with van der Waals surface area (Å²) in [6.07, 6.45) is 0. The Labute approximate surface area is 83.1 Å². The van der Waals surface area contributed by atoms with E-state index in [0.717, 1.165) is 0 Å². The second-order valence-electron chi connectivity index (χ2n) is 0.677. The molecule has 0 aliphatic rings. The molecule has 0 N–H and O–H groups in total. The fourth-order valence-electron chi connectivity index (χ4n) is 0.0833. The second kappa shape index (κ2) is 9.04. The van der Waals surface area contributed by atoms with E-state index >= 15 is 0 Å². The Morgan fingerprint density at radius 2 is 2.22 bits per heavy atom. The molecule has 0 aromatic carbocycles. The minimum Gasteiger partial charge on any atom is -0.553 e. The molecular formula is CNaO4Si3. The molecule has 41 valence electrons. The van der Waals surface area contributed by atoms with E-state index in [1.165, 1.54) is 0 Å². The molecule has 0 amide bonds. The molecule has 0 saturated heterocycles. The van der Waals surface area contributed by atoms with Crippen molar-refractivity contribution >= 4 is 35.8 Å². The van der Waals surface area contributed by atoms with E-state index in [9.17, 15) is 9.90 Å². The smallest absolute Gasteiger partial charge is 0.553 e. The summed E-state index contributed by atoms with van der Waals surface area (Å²) in [4.78, 5) is 9.58. The van der Waals surface area contributed by atoms with Gasteiger partial charge in [-0.05, 0) is 0 Å². The van der Waals surface area contributed by atoms with Gasteiger partial charge in [-0.15, -0.1) is 0 Å². The summed E-state index contributed by atoms with van der Waals surface area (Å²) in [5, 5.41) is 9.58. The number of carbonyl (C=O) groups is 1. The van der Waals surface area contributed by atoms with E-state index in [1.54, 1.807) is 0 Å². The van der Waals surface area contributed by atoms with Crippen LogP contribution in [0.2, 0.25) is 0 Å². The van der Waals surface area contributed by atoms with Crippen molar-refractivity contribution in [3.63, 3.8) is 0 Å². The fraction of sp³-hybridized carbons (Fsp3) is 0. The minimum atomic E-state index is -1.22. The average Bonchev–Trinajstić information content (AvgIpc) is 1.66. The molecule has 7 radical (unpaired) electrons. The molecule has 0 aromatic rings. The number of rotatable bonds is 4. The van der Waals surface area contributed by atoms with Gasteiger partial charge in [-0.2, -0.15) is 0 Å². The summed E-state index contributed by atoms with van der Waals surface area (Å²) in [5.41, 5.74) is -1.22. The van der Waals surface area contributed by atoms with Gasteiger partial charge in [0.15, 0.2) is 0 Å². The van der Waals surface area contributed by atoms with Gasteiger partial charge in [-0.3, -0.25) is 0 Å². The Balaban J connectivity index is 0. The van der Waals surface area contributed by atoms with Crippen molar-refractivity contribution in [2.24, 2.45) is 0 Å². The monoisotopic (exact) mass is 183 g/mol. The molecule has 0 aliphatic carbocycles. The van der Waals surface area contributed by atoms with Crippen molar-refractivity contribution in [1.29, 1.82) is 0 Å². The Bertz CT molecular complexity index is 78.2. The van der Waals surface area contributed by atoms with Crippen LogP contribution >= 0.6 is 0 Å². The number of hydrogen-bond donors (Lipinski definition) is 0. The van der Waals surface area contributed by atoms with Crippen molar-refractivity contribution in [1.82, 2.24) is 0 Å². The largest absolute Gasteiger partial charge is 1.00 e. The Hall–Kier alpha value is 1.04. The molecule has 0 aliphatic heterocycles. The van der Waals surface area contributed by atoms with Gasteiger partial charge in [0.1, 0.15) is 0 Å². The topological polar surface area (TPSA) is 58.6 Å². The number of hydrogen-bond acceptors (Lipinski definition) is 4. The molecule has 0 unspecified atom stereocenters.